The number of anilines is 1. The first kappa shape index (κ1) is 15.8. The fourth-order valence-corrected chi connectivity index (χ4v) is 2.23. The van der Waals surface area contributed by atoms with Crippen LogP contribution in [-0.4, -0.2) is 17.0 Å². The van der Waals surface area contributed by atoms with Crippen LogP contribution in [0, 0.1) is 13.8 Å². The van der Waals surface area contributed by atoms with Gasteiger partial charge in [0.15, 0.2) is 0 Å². The van der Waals surface area contributed by atoms with Crippen LogP contribution in [-0.2, 0) is 11.2 Å². The van der Waals surface area contributed by atoms with Crippen LogP contribution in [0.1, 0.15) is 33.5 Å². The average Bonchev–Trinajstić information content (AvgIpc) is 2.48. The second kappa shape index (κ2) is 6.89. The van der Waals surface area contributed by atoms with Gasteiger partial charge in [0.25, 0.3) is 0 Å². The first-order valence-electron chi connectivity index (χ1n) is 7.15. The number of benzene rings is 2. The summed E-state index contributed by atoms with van der Waals surface area (Å²) in [6.45, 7) is 3.72. The Morgan fingerprint density at radius 3 is 2.36 bits per heavy atom. The smallest absolute Gasteiger partial charge is 0.336 e. The van der Waals surface area contributed by atoms with Crippen LogP contribution in [0.25, 0.3) is 0 Å². The molecule has 0 heterocycles. The summed E-state index contributed by atoms with van der Waals surface area (Å²) in [6, 6.07) is 12.9. The Labute approximate surface area is 129 Å². The van der Waals surface area contributed by atoms with Crippen molar-refractivity contribution >= 4 is 17.6 Å². The van der Waals surface area contributed by atoms with E-state index in [9.17, 15) is 9.59 Å². The zero-order chi connectivity index (χ0) is 16.1. The van der Waals surface area contributed by atoms with Crippen molar-refractivity contribution in [2.45, 2.75) is 26.7 Å². The number of nitrogens with one attached hydrogen (secondary N) is 1. The van der Waals surface area contributed by atoms with Crippen LogP contribution in [0.3, 0.4) is 0 Å². The number of carboxylic acids is 1. The number of carbonyl (C=O) groups is 2. The van der Waals surface area contributed by atoms with Gasteiger partial charge < -0.3 is 10.4 Å². The standard InChI is InChI=1S/C18H19NO3/c1-12-6-8-14(9-7-12)10-11-17(20)19-16-5-3-4-15(13(16)2)18(21)22/h3-9H,10-11H2,1-2H3,(H,19,20)(H,21,22). The van der Waals surface area contributed by atoms with Crippen molar-refractivity contribution in [3.63, 3.8) is 0 Å². The number of aromatic carboxylic acids is 1. The lowest BCUT2D eigenvalue weighted by Crippen LogP contribution is -2.14. The second-order valence-corrected chi connectivity index (χ2v) is 5.32. The zero-order valence-electron chi connectivity index (χ0n) is 12.7. The summed E-state index contributed by atoms with van der Waals surface area (Å²) in [5.41, 5.74) is 3.62. The molecule has 0 aliphatic rings. The molecule has 4 nitrogen and oxygen atoms in total. The summed E-state index contributed by atoms with van der Waals surface area (Å²) in [5.74, 6) is -1.11. The lowest BCUT2D eigenvalue weighted by atomic mass is 10.1. The van der Waals surface area contributed by atoms with Crippen LogP contribution in [0.4, 0.5) is 5.69 Å². The van der Waals surface area contributed by atoms with Crippen molar-refractivity contribution in [2.75, 3.05) is 5.32 Å². The molecule has 0 aliphatic carbocycles. The molecule has 0 saturated carbocycles. The molecule has 0 spiro atoms. The molecule has 1 amide bonds. The average molecular weight is 297 g/mol. The van der Waals surface area contributed by atoms with E-state index in [4.69, 9.17) is 5.11 Å². The van der Waals surface area contributed by atoms with Crippen molar-refractivity contribution in [3.8, 4) is 0 Å². The molecule has 114 valence electrons. The topological polar surface area (TPSA) is 66.4 Å². The van der Waals surface area contributed by atoms with Crippen LogP contribution in [0.2, 0.25) is 0 Å². The number of hydrogen-bond donors (Lipinski definition) is 2. The molecular weight excluding hydrogens is 278 g/mol. The predicted molar refractivity (Wildman–Crippen MR) is 86.3 cm³/mol. The molecule has 0 atom stereocenters. The molecular formula is C18H19NO3. The van der Waals surface area contributed by atoms with Crippen molar-refractivity contribution in [3.05, 3.63) is 64.7 Å². The Hall–Kier alpha value is -2.62. The van der Waals surface area contributed by atoms with Crippen LogP contribution in [0.5, 0.6) is 0 Å². The minimum absolute atomic E-state index is 0.119. The first-order valence-corrected chi connectivity index (χ1v) is 7.15. The van der Waals surface area contributed by atoms with E-state index in [0.29, 0.717) is 24.1 Å². The van der Waals surface area contributed by atoms with Gasteiger partial charge >= 0.3 is 5.97 Å². The van der Waals surface area contributed by atoms with Crippen molar-refractivity contribution in [1.29, 1.82) is 0 Å². The minimum atomic E-state index is -0.992. The Morgan fingerprint density at radius 1 is 1.05 bits per heavy atom. The molecule has 0 aromatic heterocycles. The molecule has 0 fully saturated rings. The van der Waals surface area contributed by atoms with E-state index >= 15 is 0 Å². The van der Waals surface area contributed by atoms with E-state index in [2.05, 4.69) is 5.32 Å². The summed E-state index contributed by atoms with van der Waals surface area (Å²) in [7, 11) is 0. The number of hydrogen-bond acceptors (Lipinski definition) is 2. The van der Waals surface area contributed by atoms with Crippen molar-refractivity contribution in [1.82, 2.24) is 0 Å². The van der Waals surface area contributed by atoms with E-state index in [-0.39, 0.29) is 11.5 Å². The van der Waals surface area contributed by atoms with Gasteiger partial charge in [0.05, 0.1) is 5.56 Å². The van der Waals surface area contributed by atoms with Gasteiger partial charge in [0.2, 0.25) is 5.91 Å². The lowest BCUT2D eigenvalue weighted by Gasteiger charge is -2.10. The monoisotopic (exact) mass is 297 g/mol. The lowest BCUT2D eigenvalue weighted by molar-refractivity contribution is -0.116. The highest BCUT2D eigenvalue weighted by Crippen LogP contribution is 2.19. The third-order valence-corrected chi connectivity index (χ3v) is 3.60. The van der Waals surface area contributed by atoms with Gasteiger partial charge in [-0.1, -0.05) is 35.9 Å². The van der Waals surface area contributed by atoms with Gasteiger partial charge in [-0.25, -0.2) is 4.79 Å². The maximum absolute atomic E-state index is 12.0. The molecule has 0 saturated heterocycles. The Morgan fingerprint density at radius 2 is 1.73 bits per heavy atom. The highest BCUT2D eigenvalue weighted by atomic mass is 16.4. The van der Waals surface area contributed by atoms with Crippen LogP contribution < -0.4 is 5.32 Å². The molecule has 0 unspecified atom stereocenters. The molecule has 0 radical (unpaired) electrons. The fourth-order valence-electron chi connectivity index (χ4n) is 2.23. The molecule has 2 N–H and O–H groups in total. The first-order chi connectivity index (χ1) is 10.5. The quantitative estimate of drug-likeness (QED) is 0.886. The molecule has 22 heavy (non-hydrogen) atoms. The van der Waals surface area contributed by atoms with Crippen molar-refractivity contribution in [2.24, 2.45) is 0 Å². The second-order valence-electron chi connectivity index (χ2n) is 5.32. The summed E-state index contributed by atoms with van der Waals surface area (Å²) >= 11 is 0. The Balaban J connectivity index is 1.99. The number of aryl methyl sites for hydroxylation is 2. The summed E-state index contributed by atoms with van der Waals surface area (Å²) < 4.78 is 0. The van der Waals surface area contributed by atoms with Gasteiger partial charge in [-0.15, -0.1) is 0 Å². The van der Waals surface area contributed by atoms with Gasteiger partial charge in [-0.3, -0.25) is 4.79 Å². The number of amides is 1. The summed E-state index contributed by atoms with van der Waals surface area (Å²) in [5, 5.41) is 11.9. The van der Waals surface area contributed by atoms with E-state index in [1.165, 1.54) is 11.6 Å². The summed E-state index contributed by atoms with van der Waals surface area (Å²) in [4.78, 5) is 23.1. The van der Waals surface area contributed by atoms with Gasteiger partial charge in [-0.05, 0) is 43.5 Å². The Kier molecular flexibility index (Phi) is 4.94. The minimum Gasteiger partial charge on any atom is -0.478 e. The molecule has 0 bridgehead atoms. The number of rotatable bonds is 5. The van der Waals surface area contributed by atoms with Crippen LogP contribution >= 0.6 is 0 Å². The zero-order valence-corrected chi connectivity index (χ0v) is 12.7. The third kappa shape index (κ3) is 3.95. The molecule has 2 rings (SSSR count). The van der Waals surface area contributed by atoms with E-state index in [1.807, 2.05) is 31.2 Å². The molecule has 0 aliphatic heterocycles. The predicted octanol–water partition coefficient (Wildman–Crippen LogP) is 3.57. The molecule has 2 aromatic rings. The van der Waals surface area contributed by atoms with Gasteiger partial charge in [0.1, 0.15) is 0 Å². The SMILES string of the molecule is Cc1ccc(CCC(=O)Nc2cccc(C(=O)O)c2C)cc1. The Bertz CT molecular complexity index is 690. The summed E-state index contributed by atoms with van der Waals surface area (Å²) in [6.07, 6.45) is 1.02. The normalized spacial score (nSPS) is 10.3. The van der Waals surface area contributed by atoms with E-state index in [0.717, 1.165) is 5.56 Å². The number of carbonyl (C=O) groups excluding carboxylic acids is 1. The maximum atomic E-state index is 12.0. The fraction of sp³-hybridized carbons (Fsp3) is 0.222. The maximum Gasteiger partial charge on any atom is 0.336 e. The largest absolute Gasteiger partial charge is 0.478 e. The highest BCUT2D eigenvalue weighted by Gasteiger charge is 2.11. The molecule has 2 aromatic carbocycles. The highest BCUT2D eigenvalue weighted by molar-refractivity contribution is 5.96. The number of carboxylic acid groups (broad SMARTS) is 1. The van der Waals surface area contributed by atoms with Gasteiger partial charge in [0, 0.05) is 12.1 Å². The van der Waals surface area contributed by atoms with E-state index < -0.39 is 5.97 Å². The van der Waals surface area contributed by atoms with Crippen LogP contribution in [0.15, 0.2) is 42.5 Å². The third-order valence-electron chi connectivity index (χ3n) is 3.60. The van der Waals surface area contributed by atoms with E-state index in [1.54, 1.807) is 19.1 Å². The van der Waals surface area contributed by atoms with Gasteiger partial charge in [-0.2, -0.15) is 0 Å². The molecule has 4 heteroatoms. The van der Waals surface area contributed by atoms with Crippen molar-refractivity contribution < 1.29 is 14.7 Å².